The third kappa shape index (κ3) is 4.81. The molecule has 0 aliphatic carbocycles. The zero-order valence-corrected chi connectivity index (χ0v) is 17.5. The maximum atomic E-state index is 11.9. The maximum Gasteiger partial charge on any atom is 0.336 e. The second kappa shape index (κ2) is 8.84. The molecule has 0 unspecified atom stereocenters. The van der Waals surface area contributed by atoms with Crippen molar-refractivity contribution in [1.29, 1.82) is 0 Å². The van der Waals surface area contributed by atoms with Crippen LogP contribution in [0.25, 0.3) is 22.6 Å². The van der Waals surface area contributed by atoms with Crippen molar-refractivity contribution < 1.29 is 14.6 Å². The minimum Gasteiger partial charge on any atom is -0.487 e. The summed E-state index contributed by atoms with van der Waals surface area (Å²) in [4.78, 5) is 16.5. The molecule has 1 aromatic heterocycles. The number of ether oxygens (including phenoxy) is 1. The van der Waals surface area contributed by atoms with Gasteiger partial charge in [-0.3, -0.25) is 0 Å². The van der Waals surface area contributed by atoms with Gasteiger partial charge in [-0.1, -0.05) is 54.6 Å². The van der Waals surface area contributed by atoms with Crippen LogP contribution in [-0.4, -0.2) is 16.1 Å². The zero-order valence-electron chi connectivity index (χ0n) is 17.5. The molecule has 0 spiro atoms. The molecule has 0 bridgehead atoms. The largest absolute Gasteiger partial charge is 0.487 e. The molecule has 4 aromatic rings. The number of carboxylic acid groups (broad SMARTS) is 1. The summed E-state index contributed by atoms with van der Waals surface area (Å²) < 4.78 is 5.85. The number of aryl methyl sites for hydroxylation is 2. The highest BCUT2D eigenvalue weighted by Gasteiger charge is 2.11. The number of para-hydroxylation sites is 1. The molecule has 0 aliphatic rings. The predicted molar refractivity (Wildman–Crippen MR) is 124 cm³/mol. The lowest BCUT2D eigenvalue weighted by molar-refractivity contribution is -0.130. The van der Waals surface area contributed by atoms with E-state index >= 15 is 0 Å². The molecule has 1 N–H and O–H groups in total. The molecule has 0 radical (unpaired) electrons. The van der Waals surface area contributed by atoms with Crippen LogP contribution in [0.3, 0.4) is 0 Å². The first kappa shape index (κ1) is 20.4. The van der Waals surface area contributed by atoms with Crippen LogP contribution in [0.5, 0.6) is 5.75 Å². The minimum atomic E-state index is -0.965. The van der Waals surface area contributed by atoms with E-state index in [0.717, 1.165) is 27.7 Å². The Kier molecular flexibility index (Phi) is 5.80. The van der Waals surface area contributed by atoms with Gasteiger partial charge in [0.05, 0.1) is 16.8 Å². The van der Waals surface area contributed by atoms with Crippen molar-refractivity contribution in [1.82, 2.24) is 4.98 Å². The maximum absolute atomic E-state index is 11.9. The second-order valence-electron chi connectivity index (χ2n) is 7.52. The van der Waals surface area contributed by atoms with Crippen molar-refractivity contribution in [2.45, 2.75) is 20.5 Å². The van der Waals surface area contributed by atoms with Crippen LogP contribution < -0.4 is 4.74 Å². The van der Waals surface area contributed by atoms with Gasteiger partial charge in [0.1, 0.15) is 12.4 Å². The number of nitrogens with zero attached hydrogens (tertiary/aromatic N) is 1. The van der Waals surface area contributed by atoms with Crippen LogP contribution >= 0.6 is 0 Å². The van der Waals surface area contributed by atoms with Gasteiger partial charge in [0.25, 0.3) is 0 Å². The first-order chi connectivity index (χ1) is 15.0. The number of fused-ring (bicyclic) bond motifs is 1. The van der Waals surface area contributed by atoms with Gasteiger partial charge in [-0.05, 0) is 66.4 Å². The Balaban J connectivity index is 1.50. The zero-order chi connectivity index (χ0) is 21.8. The standard InChI is InChI=1S/C27H23NO3/c1-18-7-8-20(15-19(18)2)16-25(27(29)30)21-10-13-24(14-11-21)31-17-23-12-9-22-5-3-4-6-26(22)28-23/h3-16H,17H2,1-2H3,(H,29,30)/b25-16+. The molecule has 0 amide bonds. The fraction of sp³-hybridized carbons (Fsp3) is 0.111. The first-order valence-corrected chi connectivity index (χ1v) is 10.1. The van der Waals surface area contributed by atoms with E-state index in [4.69, 9.17) is 4.74 Å². The number of benzene rings is 3. The van der Waals surface area contributed by atoms with Crippen molar-refractivity contribution in [3.63, 3.8) is 0 Å². The van der Waals surface area contributed by atoms with Gasteiger partial charge in [0, 0.05) is 5.39 Å². The molecule has 3 aromatic carbocycles. The van der Waals surface area contributed by atoms with E-state index in [0.29, 0.717) is 17.9 Å². The van der Waals surface area contributed by atoms with E-state index in [1.165, 1.54) is 5.56 Å². The summed E-state index contributed by atoms with van der Waals surface area (Å²) in [5.41, 5.74) is 5.81. The van der Waals surface area contributed by atoms with Crippen molar-refractivity contribution >= 4 is 28.5 Å². The average molecular weight is 409 g/mol. The van der Waals surface area contributed by atoms with Gasteiger partial charge in [-0.15, -0.1) is 0 Å². The van der Waals surface area contributed by atoms with Crippen LogP contribution in [0.4, 0.5) is 0 Å². The summed E-state index contributed by atoms with van der Waals surface area (Å²) in [7, 11) is 0. The van der Waals surface area contributed by atoms with E-state index in [1.807, 2.05) is 68.4 Å². The van der Waals surface area contributed by atoms with Gasteiger partial charge in [0.2, 0.25) is 0 Å². The molecule has 0 aliphatic heterocycles. The van der Waals surface area contributed by atoms with E-state index in [9.17, 15) is 9.90 Å². The lowest BCUT2D eigenvalue weighted by Gasteiger charge is -2.09. The van der Waals surface area contributed by atoms with Gasteiger partial charge in [-0.25, -0.2) is 9.78 Å². The average Bonchev–Trinajstić information content (AvgIpc) is 2.78. The summed E-state index contributed by atoms with van der Waals surface area (Å²) in [5.74, 6) is -0.304. The molecule has 0 atom stereocenters. The van der Waals surface area contributed by atoms with Gasteiger partial charge in [-0.2, -0.15) is 0 Å². The minimum absolute atomic E-state index is 0.242. The summed E-state index contributed by atoms with van der Waals surface area (Å²) in [6, 6.07) is 25.0. The third-order valence-corrected chi connectivity index (χ3v) is 5.28. The molecule has 4 nitrogen and oxygen atoms in total. The number of pyridine rings is 1. The molecule has 1 heterocycles. The predicted octanol–water partition coefficient (Wildman–Crippen LogP) is 6.06. The van der Waals surface area contributed by atoms with Crippen molar-refractivity contribution in [3.05, 3.63) is 107 Å². The monoisotopic (exact) mass is 409 g/mol. The number of aliphatic carboxylic acids is 1. The van der Waals surface area contributed by atoms with Gasteiger partial charge < -0.3 is 9.84 Å². The smallest absolute Gasteiger partial charge is 0.336 e. The third-order valence-electron chi connectivity index (χ3n) is 5.28. The van der Waals surface area contributed by atoms with Crippen LogP contribution in [0.2, 0.25) is 0 Å². The number of aromatic nitrogens is 1. The summed E-state index contributed by atoms with van der Waals surface area (Å²) in [6.07, 6.45) is 1.70. The van der Waals surface area contributed by atoms with Crippen molar-refractivity contribution in [3.8, 4) is 5.75 Å². The Morgan fingerprint density at radius 3 is 2.45 bits per heavy atom. The molecular weight excluding hydrogens is 386 g/mol. The SMILES string of the molecule is Cc1ccc(/C=C(/C(=O)O)c2ccc(OCc3ccc4ccccc4n3)cc2)cc1C. The highest BCUT2D eigenvalue weighted by atomic mass is 16.5. The molecule has 4 rings (SSSR count). The molecule has 31 heavy (non-hydrogen) atoms. The summed E-state index contributed by atoms with van der Waals surface area (Å²) >= 11 is 0. The van der Waals surface area contributed by atoms with Crippen LogP contribution in [-0.2, 0) is 11.4 Å². The Morgan fingerprint density at radius 1 is 0.935 bits per heavy atom. The molecule has 4 heteroatoms. The number of hydrogen-bond acceptors (Lipinski definition) is 3. The van der Waals surface area contributed by atoms with Crippen molar-refractivity contribution in [2.24, 2.45) is 0 Å². The molecular formula is C27H23NO3. The first-order valence-electron chi connectivity index (χ1n) is 10.1. The number of rotatable bonds is 6. The Hall–Kier alpha value is -3.92. The summed E-state index contributed by atoms with van der Waals surface area (Å²) in [5, 5.41) is 10.8. The number of carboxylic acids is 1. The topological polar surface area (TPSA) is 59.4 Å². The lowest BCUT2D eigenvalue weighted by Crippen LogP contribution is -2.01. The van der Waals surface area contributed by atoms with Crippen LogP contribution in [0, 0.1) is 13.8 Å². The van der Waals surface area contributed by atoms with Crippen molar-refractivity contribution in [2.75, 3.05) is 0 Å². The highest BCUT2D eigenvalue weighted by molar-refractivity contribution is 6.20. The number of hydrogen-bond donors (Lipinski definition) is 1. The van der Waals surface area contributed by atoms with E-state index in [-0.39, 0.29) is 5.57 Å². The van der Waals surface area contributed by atoms with Crippen LogP contribution in [0.15, 0.2) is 78.9 Å². The molecule has 0 saturated heterocycles. The fourth-order valence-electron chi connectivity index (χ4n) is 3.37. The molecule has 154 valence electrons. The lowest BCUT2D eigenvalue weighted by atomic mass is 10.0. The van der Waals surface area contributed by atoms with Gasteiger partial charge >= 0.3 is 5.97 Å². The summed E-state index contributed by atoms with van der Waals surface area (Å²) in [6.45, 7) is 4.39. The van der Waals surface area contributed by atoms with Gasteiger partial charge in [0.15, 0.2) is 0 Å². The Morgan fingerprint density at radius 2 is 1.71 bits per heavy atom. The normalized spacial score (nSPS) is 11.5. The fourth-order valence-corrected chi connectivity index (χ4v) is 3.37. The quantitative estimate of drug-likeness (QED) is 0.311. The van der Waals surface area contributed by atoms with E-state index in [2.05, 4.69) is 4.98 Å². The Bertz CT molecular complexity index is 1270. The molecule has 0 fully saturated rings. The molecule has 0 saturated carbocycles. The van der Waals surface area contributed by atoms with E-state index in [1.54, 1.807) is 30.3 Å². The Labute approximate surface area is 181 Å². The van der Waals surface area contributed by atoms with E-state index < -0.39 is 5.97 Å². The number of carbonyl (C=O) groups is 1. The van der Waals surface area contributed by atoms with Crippen LogP contribution in [0.1, 0.15) is 27.9 Å². The second-order valence-corrected chi connectivity index (χ2v) is 7.52. The highest BCUT2D eigenvalue weighted by Crippen LogP contribution is 2.23.